The van der Waals surface area contributed by atoms with Gasteiger partial charge in [0.25, 0.3) is 5.91 Å². The summed E-state index contributed by atoms with van der Waals surface area (Å²) in [5, 5.41) is 19.0. The van der Waals surface area contributed by atoms with Crippen molar-refractivity contribution < 1.29 is 23.6 Å². The summed E-state index contributed by atoms with van der Waals surface area (Å²) in [6.07, 6.45) is 7.43. The number of hydrogen-bond acceptors (Lipinski definition) is 9. The zero-order chi connectivity index (χ0) is 32.4. The standard InChI is InChI=1S/C34H36FN7O4/c1-19(45-4)17-27-29(8-6-24-20(2)41-46-21(24)3)38-32-30(27)31(25-9-12-36-28-7-5-22(35)18-26(25)28)39-33(40-32)34(44)37-23-10-13-42(14-11-23)15-16-43/h5,7-9,12,17-18,23,43H,1,6,10-11,13-16H2,2-4H3,(H,37,44)(H,38,39,40)/b27-17+,29-8+. The van der Waals surface area contributed by atoms with Gasteiger partial charge in [0.15, 0.2) is 0 Å². The number of hydrogen-bond donors (Lipinski definition) is 3. The summed E-state index contributed by atoms with van der Waals surface area (Å²) in [6.45, 7) is 10.0. The number of nitrogens with one attached hydrogen (secondary N) is 2. The van der Waals surface area contributed by atoms with Crippen molar-refractivity contribution in [2.45, 2.75) is 39.2 Å². The van der Waals surface area contributed by atoms with Gasteiger partial charge >= 0.3 is 0 Å². The van der Waals surface area contributed by atoms with Crippen LogP contribution >= 0.6 is 0 Å². The van der Waals surface area contributed by atoms with Gasteiger partial charge in [-0.3, -0.25) is 9.78 Å². The molecule has 0 radical (unpaired) electrons. The largest absolute Gasteiger partial charge is 0.497 e. The Balaban J connectivity index is 1.54. The van der Waals surface area contributed by atoms with E-state index in [2.05, 4.69) is 31.9 Å². The van der Waals surface area contributed by atoms with Gasteiger partial charge < -0.3 is 29.6 Å². The van der Waals surface area contributed by atoms with Crippen molar-refractivity contribution >= 4 is 40.0 Å². The number of β-amino-alcohol motifs (C(OH)–C–C–N with tert-alkyl or cyclic N) is 1. The lowest BCUT2D eigenvalue weighted by atomic mass is 10.0. The van der Waals surface area contributed by atoms with Crippen LogP contribution in [0.4, 0.5) is 4.39 Å². The second kappa shape index (κ2) is 13.2. The summed E-state index contributed by atoms with van der Waals surface area (Å²) in [7, 11) is 1.54. The first-order valence-electron chi connectivity index (χ1n) is 15.2. The van der Waals surface area contributed by atoms with Crippen LogP contribution in [-0.2, 0) is 11.2 Å². The molecule has 1 aromatic carbocycles. The molecule has 5 heterocycles. The molecule has 1 fully saturated rings. The van der Waals surface area contributed by atoms with E-state index in [-0.39, 0.29) is 18.5 Å². The van der Waals surface area contributed by atoms with Crippen LogP contribution in [0.25, 0.3) is 45.3 Å². The van der Waals surface area contributed by atoms with Gasteiger partial charge in [-0.1, -0.05) is 17.8 Å². The number of aliphatic hydroxyl groups excluding tert-OH is 1. The van der Waals surface area contributed by atoms with E-state index in [1.165, 1.54) is 19.2 Å². The van der Waals surface area contributed by atoms with Gasteiger partial charge in [-0.15, -0.1) is 0 Å². The third-order valence-electron chi connectivity index (χ3n) is 8.48. The molecule has 1 saturated heterocycles. The van der Waals surface area contributed by atoms with Crippen LogP contribution in [0, 0.1) is 19.7 Å². The Kier molecular flexibility index (Phi) is 8.91. The number of aromatic amines is 1. The lowest BCUT2D eigenvalue weighted by Crippen LogP contribution is -2.45. The van der Waals surface area contributed by atoms with Gasteiger partial charge in [-0.25, -0.2) is 14.4 Å². The van der Waals surface area contributed by atoms with Crippen molar-refractivity contribution in [3.05, 3.63) is 82.0 Å². The molecule has 11 nitrogen and oxygen atoms in total. The van der Waals surface area contributed by atoms with E-state index in [1.54, 1.807) is 24.4 Å². The fourth-order valence-corrected chi connectivity index (χ4v) is 5.98. The SMILES string of the molecule is C=C(/C=c1\c(=C/Cc2c(C)noc2C)[nH]c2nc(C(=O)NC3CCN(CCO)CC3)nc(-c3ccnc4ccc(F)cc34)c12)OC. The Morgan fingerprint density at radius 1 is 1.26 bits per heavy atom. The van der Waals surface area contributed by atoms with E-state index in [1.807, 2.05) is 19.9 Å². The molecule has 12 heteroatoms. The number of halogens is 1. The zero-order valence-electron chi connectivity index (χ0n) is 26.1. The van der Waals surface area contributed by atoms with Crippen molar-refractivity contribution in [2.24, 2.45) is 0 Å². The number of carbonyl (C=O) groups is 1. The highest BCUT2D eigenvalue weighted by Gasteiger charge is 2.24. The lowest BCUT2D eigenvalue weighted by Gasteiger charge is -2.31. The molecule has 1 aliphatic heterocycles. The van der Waals surface area contributed by atoms with Gasteiger partial charge in [-0.05, 0) is 63.5 Å². The van der Waals surface area contributed by atoms with E-state index >= 15 is 0 Å². The van der Waals surface area contributed by atoms with Crippen LogP contribution in [0.3, 0.4) is 0 Å². The van der Waals surface area contributed by atoms with Gasteiger partial charge in [0.05, 0.1) is 36.0 Å². The minimum Gasteiger partial charge on any atom is -0.497 e. The summed E-state index contributed by atoms with van der Waals surface area (Å²) >= 11 is 0. The number of fused-ring (bicyclic) bond motifs is 2. The number of H-pyrrole nitrogens is 1. The normalized spacial score (nSPS) is 15.2. The highest BCUT2D eigenvalue weighted by Crippen LogP contribution is 2.30. The second-order valence-electron chi connectivity index (χ2n) is 11.4. The highest BCUT2D eigenvalue weighted by atomic mass is 19.1. The third-order valence-corrected chi connectivity index (χ3v) is 8.48. The van der Waals surface area contributed by atoms with E-state index in [9.17, 15) is 14.3 Å². The topological polar surface area (TPSA) is 142 Å². The first kappa shape index (κ1) is 31.1. The number of pyridine rings is 1. The number of amides is 1. The maximum atomic E-state index is 14.6. The maximum absolute atomic E-state index is 14.6. The van der Waals surface area contributed by atoms with Crippen molar-refractivity contribution in [1.29, 1.82) is 0 Å². The van der Waals surface area contributed by atoms with Crippen molar-refractivity contribution in [3.8, 4) is 11.3 Å². The monoisotopic (exact) mass is 625 g/mol. The van der Waals surface area contributed by atoms with Crippen LogP contribution in [0.5, 0.6) is 0 Å². The zero-order valence-corrected chi connectivity index (χ0v) is 26.1. The Hall–Kier alpha value is -4.94. The maximum Gasteiger partial charge on any atom is 0.289 e. The number of piperidine rings is 1. The molecule has 0 bridgehead atoms. The van der Waals surface area contributed by atoms with Crippen molar-refractivity contribution in [2.75, 3.05) is 33.4 Å². The molecule has 3 N–H and O–H groups in total. The summed E-state index contributed by atoms with van der Waals surface area (Å²) in [4.78, 5) is 33.2. The Morgan fingerprint density at radius 2 is 2.07 bits per heavy atom. The summed E-state index contributed by atoms with van der Waals surface area (Å²) in [5.74, 6) is 0.287. The quantitative estimate of drug-likeness (QED) is 0.211. The Labute approximate surface area is 264 Å². The first-order chi connectivity index (χ1) is 22.2. The minimum absolute atomic E-state index is 0.0164. The van der Waals surface area contributed by atoms with Gasteiger partial charge in [0.1, 0.15) is 23.0 Å². The molecule has 0 saturated carbocycles. The molecule has 1 amide bonds. The number of benzene rings is 1. The Morgan fingerprint density at radius 3 is 2.78 bits per heavy atom. The minimum atomic E-state index is -0.417. The number of aromatic nitrogens is 5. The number of likely N-dealkylation sites (tertiary alicyclic amines) is 1. The molecule has 0 atom stereocenters. The highest BCUT2D eigenvalue weighted by molar-refractivity contribution is 6.03. The van der Waals surface area contributed by atoms with Gasteiger partial charge in [0, 0.05) is 59.0 Å². The number of carbonyl (C=O) groups excluding carboxylic acids is 1. The van der Waals surface area contributed by atoms with Crippen LogP contribution in [0.2, 0.25) is 0 Å². The third kappa shape index (κ3) is 6.26. The molecule has 1 aliphatic rings. The number of ether oxygens (including phenoxy) is 1. The van der Waals surface area contributed by atoms with E-state index in [0.717, 1.165) is 42.9 Å². The molecule has 0 unspecified atom stereocenters. The molecule has 5 aromatic rings. The fraction of sp³-hybridized carbons (Fsp3) is 0.324. The molecule has 4 aromatic heterocycles. The molecule has 0 aliphatic carbocycles. The number of nitrogens with zero attached hydrogens (tertiary/aromatic N) is 5. The van der Waals surface area contributed by atoms with Crippen LogP contribution in [0.15, 0.2) is 47.3 Å². The van der Waals surface area contributed by atoms with E-state index in [0.29, 0.717) is 62.5 Å². The average Bonchev–Trinajstić information content (AvgIpc) is 3.57. The molecule has 46 heavy (non-hydrogen) atoms. The first-order valence-corrected chi connectivity index (χ1v) is 15.2. The van der Waals surface area contributed by atoms with Gasteiger partial charge in [-0.2, -0.15) is 0 Å². The Bertz CT molecular complexity index is 2040. The smallest absolute Gasteiger partial charge is 0.289 e. The van der Waals surface area contributed by atoms with E-state index in [4.69, 9.17) is 19.2 Å². The van der Waals surface area contributed by atoms with Crippen molar-refractivity contribution in [1.82, 2.24) is 35.3 Å². The summed E-state index contributed by atoms with van der Waals surface area (Å²) in [5.41, 5.74) is 3.80. The molecular weight excluding hydrogens is 589 g/mol. The lowest BCUT2D eigenvalue weighted by molar-refractivity contribution is 0.0893. The van der Waals surface area contributed by atoms with Crippen molar-refractivity contribution in [3.63, 3.8) is 0 Å². The van der Waals surface area contributed by atoms with E-state index < -0.39 is 11.7 Å². The second-order valence-corrected chi connectivity index (χ2v) is 11.4. The summed E-state index contributed by atoms with van der Waals surface area (Å²) in [6, 6.07) is 6.09. The average molecular weight is 626 g/mol. The molecule has 0 spiro atoms. The van der Waals surface area contributed by atoms with Gasteiger partial charge in [0.2, 0.25) is 5.82 Å². The fourth-order valence-electron chi connectivity index (χ4n) is 5.98. The molecule has 238 valence electrons. The number of methoxy groups -OCH3 is 1. The number of aryl methyl sites for hydroxylation is 2. The summed E-state index contributed by atoms with van der Waals surface area (Å²) < 4.78 is 25.4. The predicted octanol–water partition coefficient (Wildman–Crippen LogP) is 3.07. The van der Waals surface area contributed by atoms with Crippen LogP contribution < -0.4 is 15.9 Å². The molecular formula is C34H36FN7O4. The predicted molar refractivity (Wildman–Crippen MR) is 173 cm³/mol. The van der Waals surface area contributed by atoms with Crippen LogP contribution in [0.1, 0.15) is 40.5 Å². The number of aliphatic hydroxyl groups is 1. The number of allylic oxidation sites excluding steroid dienone is 1. The van der Waals surface area contributed by atoms with Crippen LogP contribution in [-0.4, -0.2) is 80.4 Å². The number of rotatable bonds is 9. The molecule has 6 rings (SSSR count).